The molecule has 0 aliphatic heterocycles. The van der Waals surface area contributed by atoms with E-state index in [9.17, 15) is 9.59 Å². The van der Waals surface area contributed by atoms with E-state index in [-0.39, 0.29) is 17.1 Å². The lowest BCUT2D eigenvalue weighted by molar-refractivity contribution is 0.102. The summed E-state index contributed by atoms with van der Waals surface area (Å²) in [5.74, 6) is 0.175. The number of carbonyl (C=O) groups is 1. The number of hydrogen-bond acceptors (Lipinski definition) is 5. The van der Waals surface area contributed by atoms with Crippen LogP contribution in [0.25, 0.3) is 27.0 Å². The van der Waals surface area contributed by atoms with Gasteiger partial charge in [-0.05, 0) is 49.7 Å². The number of nitrogens with zero attached hydrogens (tertiary/aromatic N) is 3. The van der Waals surface area contributed by atoms with Crippen molar-refractivity contribution in [3.05, 3.63) is 110 Å². The predicted octanol–water partition coefficient (Wildman–Crippen LogP) is 7.46. The Morgan fingerprint density at radius 2 is 1.86 bits per heavy atom. The number of rotatable bonds is 8. The minimum absolute atomic E-state index is 0.00267. The smallest absolute Gasteiger partial charge is 0.263 e. The van der Waals surface area contributed by atoms with Crippen LogP contribution in [0.15, 0.2) is 93.1 Å². The lowest BCUT2D eigenvalue weighted by Gasteiger charge is -2.11. The van der Waals surface area contributed by atoms with Crippen LogP contribution >= 0.6 is 39.0 Å². The van der Waals surface area contributed by atoms with E-state index in [1.54, 1.807) is 10.6 Å². The fraction of sp³-hybridized carbons (Fsp3) is 0.138. The van der Waals surface area contributed by atoms with Crippen molar-refractivity contribution in [2.75, 3.05) is 5.75 Å². The van der Waals surface area contributed by atoms with E-state index in [2.05, 4.69) is 27.1 Å². The minimum atomic E-state index is -0.117. The van der Waals surface area contributed by atoms with Crippen LogP contribution in [0.5, 0.6) is 0 Å². The summed E-state index contributed by atoms with van der Waals surface area (Å²) in [4.78, 5) is 32.4. The SMILES string of the molecule is C=CCn1c(SCC(=O)c2cc(C)n(-c3ccc(Br)cc3)c2C)nc2scc(-c3ccccc3)c2c1=O. The zero-order valence-electron chi connectivity index (χ0n) is 20.4. The molecule has 0 N–H and O–H groups in total. The highest BCUT2D eigenvalue weighted by atomic mass is 79.9. The summed E-state index contributed by atoms with van der Waals surface area (Å²) < 4.78 is 4.69. The van der Waals surface area contributed by atoms with Gasteiger partial charge in [-0.2, -0.15) is 0 Å². The van der Waals surface area contributed by atoms with Gasteiger partial charge in [-0.1, -0.05) is 64.1 Å². The molecule has 5 nitrogen and oxygen atoms in total. The molecule has 0 aliphatic carbocycles. The van der Waals surface area contributed by atoms with Gasteiger partial charge in [0.05, 0.1) is 11.1 Å². The molecule has 8 heteroatoms. The quantitative estimate of drug-likeness (QED) is 0.0815. The summed E-state index contributed by atoms with van der Waals surface area (Å²) in [5, 5.41) is 3.10. The molecule has 5 rings (SSSR count). The minimum Gasteiger partial charge on any atom is -0.318 e. The first kappa shape index (κ1) is 25.4. The van der Waals surface area contributed by atoms with Crippen molar-refractivity contribution < 1.29 is 4.79 Å². The third kappa shape index (κ3) is 4.89. The molecule has 0 bridgehead atoms. The summed E-state index contributed by atoms with van der Waals surface area (Å²) in [6, 6.07) is 19.8. The Hall–Kier alpha value is -3.20. The van der Waals surface area contributed by atoms with Gasteiger partial charge < -0.3 is 4.57 Å². The van der Waals surface area contributed by atoms with Crippen molar-refractivity contribution in [1.29, 1.82) is 0 Å². The molecule has 0 aliphatic rings. The first-order valence-corrected chi connectivity index (χ1v) is 14.3. The zero-order chi connectivity index (χ0) is 26.1. The molecule has 0 radical (unpaired) electrons. The Morgan fingerprint density at radius 3 is 2.57 bits per heavy atom. The second kappa shape index (κ2) is 10.7. The van der Waals surface area contributed by atoms with E-state index in [0.29, 0.717) is 27.5 Å². The molecule has 0 spiro atoms. The van der Waals surface area contributed by atoms with Crippen molar-refractivity contribution >= 4 is 55.0 Å². The van der Waals surface area contributed by atoms with Gasteiger partial charge in [-0.3, -0.25) is 14.2 Å². The van der Waals surface area contributed by atoms with Gasteiger partial charge in [0, 0.05) is 44.6 Å². The molecule has 2 aromatic carbocycles. The number of Topliss-reactive ketones (excluding diaryl/α,β-unsaturated/α-hetero) is 1. The number of hydrogen-bond donors (Lipinski definition) is 0. The lowest BCUT2D eigenvalue weighted by atomic mass is 10.1. The van der Waals surface area contributed by atoms with Crippen molar-refractivity contribution in [2.45, 2.75) is 25.5 Å². The molecule has 3 aromatic heterocycles. The summed E-state index contributed by atoms with van der Waals surface area (Å²) in [6.45, 7) is 8.10. The van der Waals surface area contributed by atoms with Crippen molar-refractivity contribution in [3.63, 3.8) is 0 Å². The monoisotopic (exact) mass is 589 g/mol. The molecule has 37 heavy (non-hydrogen) atoms. The standard InChI is InChI=1S/C29H24BrN3O2S2/c1-4-14-32-28(35)26-24(20-8-6-5-7-9-20)16-36-27(26)31-29(32)37-17-25(34)23-15-18(2)33(19(23)3)22-12-10-21(30)11-13-22/h4-13,15-16H,1,14,17H2,2-3H3. The number of carbonyl (C=O) groups excluding carboxylic acids is 1. The van der Waals surface area contributed by atoms with Gasteiger partial charge in [0.1, 0.15) is 4.83 Å². The molecule has 3 heterocycles. The Morgan fingerprint density at radius 1 is 1.14 bits per heavy atom. The molecule has 0 fully saturated rings. The Kier molecular flexibility index (Phi) is 7.33. The maximum absolute atomic E-state index is 13.6. The highest BCUT2D eigenvalue weighted by molar-refractivity contribution is 9.10. The Labute approximate surface area is 231 Å². The molecular weight excluding hydrogens is 566 g/mol. The van der Waals surface area contributed by atoms with E-state index in [1.165, 1.54) is 23.1 Å². The highest BCUT2D eigenvalue weighted by Crippen LogP contribution is 2.32. The Bertz CT molecular complexity index is 1680. The number of aryl methyl sites for hydroxylation is 1. The number of thiophene rings is 1. The zero-order valence-corrected chi connectivity index (χ0v) is 23.6. The average Bonchev–Trinajstić information content (AvgIpc) is 3.46. The van der Waals surface area contributed by atoms with E-state index < -0.39 is 0 Å². The number of fused-ring (bicyclic) bond motifs is 1. The molecule has 0 saturated heterocycles. The largest absolute Gasteiger partial charge is 0.318 e. The normalized spacial score (nSPS) is 11.2. The number of thioether (sulfide) groups is 1. The third-order valence-electron chi connectivity index (χ3n) is 6.20. The topological polar surface area (TPSA) is 56.9 Å². The molecule has 5 aromatic rings. The summed E-state index contributed by atoms with van der Waals surface area (Å²) in [5.41, 5.74) is 5.30. The van der Waals surface area contributed by atoms with Crippen LogP contribution in [0.4, 0.5) is 0 Å². The van der Waals surface area contributed by atoms with Gasteiger partial charge in [-0.25, -0.2) is 4.98 Å². The Balaban J connectivity index is 1.46. The number of halogens is 1. The molecule has 0 unspecified atom stereocenters. The fourth-order valence-electron chi connectivity index (χ4n) is 4.48. The maximum atomic E-state index is 13.6. The van der Waals surface area contributed by atoms with Gasteiger partial charge in [-0.15, -0.1) is 17.9 Å². The molecule has 0 amide bonds. The van der Waals surface area contributed by atoms with E-state index in [1.807, 2.05) is 79.9 Å². The highest BCUT2D eigenvalue weighted by Gasteiger charge is 2.20. The van der Waals surface area contributed by atoms with Crippen LogP contribution in [0.3, 0.4) is 0 Å². The van der Waals surface area contributed by atoms with Crippen LogP contribution in [-0.2, 0) is 6.54 Å². The average molecular weight is 591 g/mol. The fourth-order valence-corrected chi connectivity index (χ4v) is 6.62. The first-order valence-electron chi connectivity index (χ1n) is 11.7. The van der Waals surface area contributed by atoms with Crippen LogP contribution in [0.2, 0.25) is 0 Å². The molecular formula is C29H24BrN3O2S2. The van der Waals surface area contributed by atoms with E-state index in [0.717, 1.165) is 32.7 Å². The number of allylic oxidation sites excluding steroid dienone is 1. The molecule has 186 valence electrons. The van der Waals surface area contributed by atoms with Gasteiger partial charge in [0.2, 0.25) is 0 Å². The second-order valence-electron chi connectivity index (χ2n) is 8.60. The summed E-state index contributed by atoms with van der Waals surface area (Å²) in [6.07, 6.45) is 1.68. The van der Waals surface area contributed by atoms with Gasteiger partial charge in [0.15, 0.2) is 10.9 Å². The third-order valence-corrected chi connectivity index (χ3v) is 8.58. The van der Waals surface area contributed by atoms with Crippen molar-refractivity contribution in [2.24, 2.45) is 0 Å². The number of benzene rings is 2. The van der Waals surface area contributed by atoms with Crippen LogP contribution in [-0.4, -0.2) is 25.7 Å². The second-order valence-corrected chi connectivity index (χ2v) is 11.3. The van der Waals surface area contributed by atoms with Crippen molar-refractivity contribution in [1.82, 2.24) is 14.1 Å². The lowest BCUT2D eigenvalue weighted by Crippen LogP contribution is -2.23. The van der Waals surface area contributed by atoms with Gasteiger partial charge in [0.25, 0.3) is 5.56 Å². The summed E-state index contributed by atoms with van der Waals surface area (Å²) in [7, 11) is 0. The number of ketones is 1. The summed E-state index contributed by atoms with van der Waals surface area (Å²) >= 11 is 6.21. The molecule has 0 atom stereocenters. The molecule has 0 saturated carbocycles. The first-order chi connectivity index (χ1) is 17.9. The van der Waals surface area contributed by atoms with E-state index in [4.69, 9.17) is 4.98 Å². The van der Waals surface area contributed by atoms with Gasteiger partial charge >= 0.3 is 0 Å². The van der Waals surface area contributed by atoms with E-state index >= 15 is 0 Å². The van der Waals surface area contributed by atoms with Crippen LogP contribution in [0.1, 0.15) is 21.7 Å². The predicted molar refractivity (Wildman–Crippen MR) is 158 cm³/mol. The van der Waals surface area contributed by atoms with Crippen LogP contribution < -0.4 is 5.56 Å². The number of aromatic nitrogens is 3. The van der Waals surface area contributed by atoms with Crippen molar-refractivity contribution in [3.8, 4) is 16.8 Å². The van der Waals surface area contributed by atoms with Crippen LogP contribution in [0, 0.1) is 13.8 Å². The maximum Gasteiger partial charge on any atom is 0.263 e.